The highest BCUT2D eigenvalue weighted by Crippen LogP contribution is 2.23. The van der Waals surface area contributed by atoms with Crippen molar-refractivity contribution in [3.05, 3.63) is 51.2 Å². The van der Waals surface area contributed by atoms with E-state index < -0.39 is 0 Å². The Bertz CT molecular complexity index is 676. The van der Waals surface area contributed by atoms with Gasteiger partial charge in [-0.15, -0.1) is 0 Å². The van der Waals surface area contributed by atoms with Gasteiger partial charge in [0.2, 0.25) is 0 Å². The first-order valence-electron chi connectivity index (χ1n) is 6.04. The van der Waals surface area contributed by atoms with Crippen molar-refractivity contribution in [2.45, 2.75) is 26.2 Å². The number of aryl methyl sites for hydroxylation is 2. The molecule has 1 aliphatic rings. The third-order valence-corrected chi connectivity index (χ3v) is 3.39. The van der Waals surface area contributed by atoms with E-state index in [9.17, 15) is 9.18 Å². The number of nitrogens with zero attached hydrogens (tertiary/aromatic N) is 1. The van der Waals surface area contributed by atoms with E-state index in [1.165, 1.54) is 12.1 Å². The SMILES string of the molecule is Cc1cc(F)ccc1-c1nc2c(c(=O)[nH]1)CCC2. The molecule has 1 N–H and O–H groups in total. The molecule has 3 rings (SSSR count). The third kappa shape index (κ3) is 1.74. The second kappa shape index (κ2) is 4.05. The maximum Gasteiger partial charge on any atom is 0.254 e. The van der Waals surface area contributed by atoms with Gasteiger partial charge < -0.3 is 4.98 Å². The molecule has 0 saturated carbocycles. The Hall–Kier alpha value is -1.97. The van der Waals surface area contributed by atoms with Crippen molar-refractivity contribution in [1.82, 2.24) is 9.97 Å². The van der Waals surface area contributed by atoms with Crippen LogP contribution in [0.4, 0.5) is 4.39 Å². The summed E-state index contributed by atoms with van der Waals surface area (Å²) in [5, 5.41) is 0. The lowest BCUT2D eigenvalue weighted by Gasteiger charge is -2.07. The number of aromatic amines is 1. The molecule has 0 unspecified atom stereocenters. The van der Waals surface area contributed by atoms with Crippen molar-refractivity contribution in [2.75, 3.05) is 0 Å². The number of aromatic nitrogens is 2. The molecule has 0 atom stereocenters. The molecule has 2 aromatic rings. The van der Waals surface area contributed by atoms with Crippen molar-refractivity contribution in [3.63, 3.8) is 0 Å². The highest BCUT2D eigenvalue weighted by molar-refractivity contribution is 5.60. The summed E-state index contributed by atoms with van der Waals surface area (Å²) < 4.78 is 13.1. The summed E-state index contributed by atoms with van der Waals surface area (Å²) >= 11 is 0. The fourth-order valence-corrected chi connectivity index (χ4v) is 2.46. The van der Waals surface area contributed by atoms with Crippen LogP contribution < -0.4 is 5.56 Å². The van der Waals surface area contributed by atoms with Crippen LogP contribution in [0, 0.1) is 12.7 Å². The average molecular weight is 244 g/mol. The molecule has 1 aromatic heterocycles. The second-order valence-electron chi connectivity index (χ2n) is 4.65. The van der Waals surface area contributed by atoms with Gasteiger partial charge in [0, 0.05) is 11.1 Å². The second-order valence-corrected chi connectivity index (χ2v) is 4.65. The molecule has 1 aliphatic carbocycles. The zero-order valence-corrected chi connectivity index (χ0v) is 10.1. The predicted octanol–water partition coefficient (Wildman–Crippen LogP) is 2.37. The van der Waals surface area contributed by atoms with E-state index in [0.717, 1.165) is 41.6 Å². The summed E-state index contributed by atoms with van der Waals surface area (Å²) in [5.41, 5.74) is 3.19. The van der Waals surface area contributed by atoms with E-state index in [1.807, 2.05) is 6.92 Å². The zero-order chi connectivity index (χ0) is 12.7. The monoisotopic (exact) mass is 244 g/mol. The largest absolute Gasteiger partial charge is 0.306 e. The van der Waals surface area contributed by atoms with Gasteiger partial charge in [-0.1, -0.05) is 0 Å². The zero-order valence-electron chi connectivity index (χ0n) is 10.1. The summed E-state index contributed by atoms with van der Waals surface area (Å²) in [5.74, 6) is 0.262. The van der Waals surface area contributed by atoms with Gasteiger partial charge in [-0.25, -0.2) is 9.37 Å². The Balaban J connectivity index is 2.18. The quantitative estimate of drug-likeness (QED) is 0.837. The highest BCUT2D eigenvalue weighted by Gasteiger charge is 2.18. The molecule has 0 fully saturated rings. The Labute approximate surface area is 104 Å². The standard InChI is InChI=1S/C14H13FN2O/c1-8-7-9(15)5-6-10(8)13-16-12-4-2-3-11(12)14(18)17-13/h5-7H,2-4H2,1H3,(H,16,17,18). The fourth-order valence-electron chi connectivity index (χ4n) is 2.46. The molecule has 3 nitrogen and oxygen atoms in total. The Kier molecular flexibility index (Phi) is 2.51. The highest BCUT2D eigenvalue weighted by atomic mass is 19.1. The number of halogens is 1. The van der Waals surface area contributed by atoms with Crippen LogP contribution in [0.1, 0.15) is 23.2 Å². The van der Waals surface area contributed by atoms with Gasteiger partial charge in [0.05, 0.1) is 5.69 Å². The number of hydrogen-bond acceptors (Lipinski definition) is 2. The summed E-state index contributed by atoms with van der Waals surface area (Å²) in [7, 11) is 0. The fraction of sp³-hybridized carbons (Fsp3) is 0.286. The molecule has 0 radical (unpaired) electrons. The van der Waals surface area contributed by atoms with Crippen molar-refractivity contribution in [2.24, 2.45) is 0 Å². The number of nitrogens with one attached hydrogen (secondary N) is 1. The van der Waals surface area contributed by atoms with Crippen LogP contribution in [0.5, 0.6) is 0 Å². The van der Waals surface area contributed by atoms with E-state index >= 15 is 0 Å². The van der Waals surface area contributed by atoms with Gasteiger partial charge in [-0.05, 0) is 49.9 Å². The molecule has 0 saturated heterocycles. The van der Waals surface area contributed by atoms with Crippen molar-refractivity contribution in [1.29, 1.82) is 0 Å². The van der Waals surface area contributed by atoms with E-state index in [2.05, 4.69) is 9.97 Å². The maximum atomic E-state index is 13.1. The van der Waals surface area contributed by atoms with Gasteiger partial charge in [0.25, 0.3) is 5.56 Å². The summed E-state index contributed by atoms with van der Waals surface area (Å²) in [6, 6.07) is 4.49. The molecule has 0 aliphatic heterocycles. The van der Waals surface area contributed by atoms with Crippen molar-refractivity contribution < 1.29 is 4.39 Å². The molecule has 1 aromatic carbocycles. The lowest BCUT2D eigenvalue weighted by atomic mass is 10.1. The lowest BCUT2D eigenvalue weighted by Crippen LogP contribution is -2.15. The Morgan fingerprint density at radius 3 is 2.94 bits per heavy atom. The van der Waals surface area contributed by atoms with Gasteiger partial charge in [-0.2, -0.15) is 0 Å². The lowest BCUT2D eigenvalue weighted by molar-refractivity contribution is 0.627. The van der Waals surface area contributed by atoms with Crippen LogP contribution in [-0.2, 0) is 12.8 Å². The molecular formula is C14H13FN2O. The predicted molar refractivity (Wildman–Crippen MR) is 67.0 cm³/mol. The normalized spacial score (nSPS) is 13.7. The van der Waals surface area contributed by atoms with Gasteiger partial charge >= 0.3 is 0 Å². The van der Waals surface area contributed by atoms with Crippen LogP contribution >= 0.6 is 0 Å². The Morgan fingerprint density at radius 1 is 1.33 bits per heavy atom. The molecular weight excluding hydrogens is 231 g/mol. The third-order valence-electron chi connectivity index (χ3n) is 3.39. The van der Waals surface area contributed by atoms with E-state index in [0.29, 0.717) is 5.82 Å². The first-order valence-corrected chi connectivity index (χ1v) is 6.04. The molecule has 1 heterocycles. The molecule has 18 heavy (non-hydrogen) atoms. The van der Waals surface area contributed by atoms with Crippen LogP contribution in [0.3, 0.4) is 0 Å². The maximum absolute atomic E-state index is 13.1. The Morgan fingerprint density at radius 2 is 2.17 bits per heavy atom. The number of fused-ring (bicyclic) bond motifs is 1. The van der Waals surface area contributed by atoms with Crippen LogP contribution in [0.15, 0.2) is 23.0 Å². The number of rotatable bonds is 1. The molecule has 0 bridgehead atoms. The first kappa shape index (κ1) is 11.1. The minimum atomic E-state index is -0.278. The minimum Gasteiger partial charge on any atom is -0.306 e. The van der Waals surface area contributed by atoms with Crippen molar-refractivity contribution >= 4 is 0 Å². The van der Waals surface area contributed by atoms with Gasteiger partial charge in [0.1, 0.15) is 11.6 Å². The van der Waals surface area contributed by atoms with Crippen LogP contribution in [0.25, 0.3) is 11.4 Å². The topological polar surface area (TPSA) is 45.8 Å². The van der Waals surface area contributed by atoms with Gasteiger partial charge in [-0.3, -0.25) is 4.79 Å². The van der Waals surface area contributed by atoms with E-state index in [1.54, 1.807) is 6.07 Å². The molecule has 92 valence electrons. The number of hydrogen-bond donors (Lipinski definition) is 1. The van der Waals surface area contributed by atoms with Crippen LogP contribution in [0.2, 0.25) is 0 Å². The molecule has 0 amide bonds. The van der Waals surface area contributed by atoms with E-state index in [-0.39, 0.29) is 11.4 Å². The van der Waals surface area contributed by atoms with Gasteiger partial charge in [0.15, 0.2) is 0 Å². The molecule has 0 spiro atoms. The summed E-state index contributed by atoms with van der Waals surface area (Å²) in [4.78, 5) is 19.2. The summed E-state index contributed by atoms with van der Waals surface area (Å²) in [6.45, 7) is 1.81. The summed E-state index contributed by atoms with van der Waals surface area (Å²) in [6.07, 6.45) is 2.64. The number of H-pyrrole nitrogens is 1. The molecule has 4 heteroatoms. The average Bonchev–Trinajstić information content (AvgIpc) is 2.77. The van der Waals surface area contributed by atoms with Crippen LogP contribution in [-0.4, -0.2) is 9.97 Å². The van der Waals surface area contributed by atoms with Crippen molar-refractivity contribution in [3.8, 4) is 11.4 Å². The van der Waals surface area contributed by atoms with E-state index in [4.69, 9.17) is 0 Å². The smallest absolute Gasteiger partial charge is 0.254 e. The number of benzene rings is 1. The first-order chi connectivity index (χ1) is 8.65. The minimum absolute atomic E-state index is 0.0591.